The van der Waals surface area contributed by atoms with Gasteiger partial charge in [0.05, 0.1) is 30.5 Å². The molecule has 1 amide bonds. The highest BCUT2D eigenvalue weighted by molar-refractivity contribution is 6.31. The molecule has 0 saturated carbocycles. The summed E-state index contributed by atoms with van der Waals surface area (Å²) in [6, 6.07) is 5.61. The molecule has 10 nitrogen and oxygen atoms in total. The van der Waals surface area contributed by atoms with Crippen LogP contribution in [0.25, 0.3) is 0 Å². The first-order chi connectivity index (χ1) is 12.9. The van der Waals surface area contributed by atoms with E-state index in [0.29, 0.717) is 0 Å². The molecular formula is C15H13ClFN7O3. The van der Waals surface area contributed by atoms with Crippen LogP contribution in [0.5, 0.6) is 0 Å². The van der Waals surface area contributed by atoms with Crippen LogP contribution in [-0.4, -0.2) is 35.4 Å². The monoisotopic (exact) mass is 393 g/mol. The lowest BCUT2D eigenvalue weighted by Crippen LogP contribution is -2.16. The third-order valence-electron chi connectivity index (χ3n) is 3.55. The van der Waals surface area contributed by atoms with E-state index in [1.807, 2.05) is 0 Å². The number of nitrogens with one attached hydrogen (secondary N) is 1. The van der Waals surface area contributed by atoms with Crippen molar-refractivity contribution in [3.05, 3.63) is 63.3 Å². The minimum atomic E-state index is -0.616. The fraction of sp³-hybridized carbons (Fsp3) is 0.200. The topological polar surface area (TPSA) is 121 Å². The highest BCUT2D eigenvalue weighted by Gasteiger charge is 2.13. The van der Waals surface area contributed by atoms with Gasteiger partial charge in [0.1, 0.15) is 12.1 Å². The van der Waals surface area contributed by atoms with Crippen LogP contribution in [0.15, 0.2) is 36.8 Å². The van der Waals surface area contributed by atoms with Gasteiger partial charge in [0, 0.05) is 17.0 Å². The van der Waals surface area contributed by atoms with Crippen molar-refractivity contribution < 1.29 is 14.1 Å². The summed E-state index contributed by atoms with van der Waals surface area (Å²) in [5, 5.41) is 21.1. The number of anilines is 1. The molecule has 3 rings (SSSR count). The zero-order valence-corrected chi connectivity index (χ0v) is 14.5. The number of halogens is 2. The van der Waals surface area contributed by atoms with Crippen LogP contribution in [-0.2, 0) is 17.9 Å². The number of amides is 1. The van der Waals surface area contributed by atoms with Gasteiger partial charge in [0.2, 0.25) is 11.9 Å². The second kappa shape index (κ2) is 7.91. The highest BCUT2D eigenvalue weighted by atomic mass is 35.5. The predicted molar refractivity (Wildman–Crippen MR) is 92.7 cm³/mol. The van der Waals surface area contributed by atoms with Crippen molar-refractivity contribution in [2.45, 2.75) is 19.5 Å². The van der Waals surface area contributed by atoms with Crippen molar-refractivity contribution in [3.63, 3.8) is 0 Å². The first-order valence-electron chi connectivity index (χ1n) is 7.72. The first kappa shape index (κ1) is 18.5. The lowest BCUT2D eigenvalue weighted by atomic mass is 10.2. The SMILES string of the molecule is O=C(CCn1ccc([N+](=O)[O-])n1)Nc1ncn(Cc2c(F)cccc2Cl)n1. The van der Waals surface area contributed by atoms with E-state index in [1.165, 1.54) is 40.1 Å². The van der Waals surface area contributed by atoms with Gasteiger partial charge in [0.25, 0.3) is 0 Å². The van der Waals surface area contributed by atoms with Gasteiger partial charge in [-0.1, -0.05) is 17.7 Å². The third-order valence-corrected chi connectivity index (χ3v) is 3.91. The van der Waals surface area contributed by atoms with Crippen molar-refractivity contribution in [1.29, 1.82) is 0 Å². The first-order valence-corrected chi connectivity index (χ1v) is 8.10. The fourth-order valence-electron chi connectivity index (χ4n) is 2.25. The van der Waals surface area contributed by atoms with Crippen LogP contribution in [0.3, 0.4) is 0 Å². The molecule has 1 N–H and O–H groups in total. The third kappa shape index (κ3) is 4.64. The quantitative estimate of drug-likeness (QED) is 0.485. The largest absolute Gasteiger partial charge is 0.389 e. The summed E-state index contributed by atoms with van der Waals surface area (Å²) in [4.78, 5) is 25.8. The number of aryl methyl sites for hydroxylation is 1. The zero-order chi connectivity index (χ0) is 19.4. The molecule has 0 aliphatic carbocycles. The molecule has 27 heavy (non-hydrogen) atoms. The molecule has 1 aromatic carbocycles. The number of aromatic nitrogens is 5. The summed E-state index contributed by atoms with van der Waals surface area (Å²) < 4.78 is 16.4. The average Bonchev–Trinajstić information content (AvgIpc) is 3.26. The summed E-state index contributed by atoms with van der Waals surface area (Å²) in [6.07, 6.45) is 2.78. The van der Waals surface area contributed by atoms with Gasteiger partial charge in [-0.15, -0.1) is 5.10 Å². The minimum absolute atomic E-state index is 0.0204. The van der Waals surface area contributed by atoms with Crippen molar-refractivity contribution in [2.75, 3.05) is 5.32 Å². The molecule has 0 fully saturated rings. The van der Waals surface area contributed by atoms with Crippen LogP contribution in [0, 0.1) is 15.9 Å². The van der Waals surface area contributed by atoms with Crippen molar-refractivity contribution in [3.8, 4) is 0 Å². The Labute approximate surface area is 156 Å². The maximum atomic E-state index is 13.8. The Morgan fingerprint density at radius 3 is 2.81 bits per heavy atom. The Morgan fingerprint density at radius 2 is 2.11 bits per heavy atom. The summed E-state index contributed by atoms with van der Waals surface area (Å²) in [5.41, 5.74) is 0.266. The summed E-state index contributed by atoms with van der Waals surface area (Å²) in [5.74, 6) is -1.09. The van der Waals surface area contributed by atoms with E-state index in [1.54, 1.807) is 6.07 Å². The molecule has 0 atom stereocenters. The molecule has 0 spiro atoms. The average molecular weight is 394 g/mol. The van der Waals surface area contributed by atoms with Crippen LogP contribution >= 0.6 is 11.6 Å². The number of benzene rings is 1. The molecule has 140 valence electrons. The number of carbonyl (C=O) groups is 1. The standard InChI is InChI=1S/C15H13ClFN7O3/c16-11-2-1-3-12(17)10(11)8-23-9-18-15(21-23)19-14(25)5-7-22-6-4-13(20-22)24(26)27/h1-4,6,9H,5,7-8H2,(H,19,21,25). The Bertz CT molecular complexity index is 967. The molecule has 3 aromatic rings. The second-order valence-corrected chi connectivity index (χ2v) is 5.87. The van der Waals surface area contributed by atoms with Crippen LogP contribution < -0.4 is 5.32 Å². The van der Waals surface area contributed by atoms with Crippen molar-refractivity contribution in [2.24, 2.45) is 0 Å². The van der Waals surface area contributed by atoms with Gasteiger partial charge in [-0.2, -0.15) is 4.68 Å². The van der Waals surface area contributed by atoms with Gasteiger partial charge in [-0.3, -0.25) is 10.1 Å². The molecule has 12 heteroatoms. The van der Waals surface area contributed by atoms with Gasteiger partial charge in [-0.05, 0) is 17.1 Å². The Kier molecular flexibility index (Phi) is 5.41. The van der Waals surface area contributed by atoms with E-state index < -0.39 is 16.6 Å². The van der Waals surface area contributed by atoms with Gasteiger partial charge in [0.15, 0.2) is 0 Å². The fourth-order valence-corrected chi connectivity index (χ4v) is 2.47. The van der Waals surface area contributed by atoms with E-state index in [0.717, 1.165) is 0 Å². The summed E-state index contributed by atoms with van der Waals surface area (Å²) >= 11 is 5.97. The number of hydrogen-bond acceptors (Lipinski definition) is 6. The van der Waals surface area contributed by atoms with Gasteiger partial charge in [-0.25, -0.2) is 14.1 Å². The molecule has 0 unspecified atom stereocenters. The molecule has 0 aliphatic rings. The van der Waals surface area contributed by atoms with E-state index in [9.17, 15) is 19.3 Å². The van der Waals surface area contributed by atoms with E-state index in [4.69, 9.17) is 11.6 Å². The smallest absolute Gasteiger partial charge is 0.358 e. The molecule has 0 radical (unpaired) electrons. The lowest BCUT2D eigenvalue weighted by molar-refractivity contribution is -0.389. The molecule has 2 heterocycles. The van der Waals surface area contributed by atoms with Crippen molar-refractivity contribution in [1.82, 2.24) is 24.5 Å². The lowest BCUT2D eigenvalue weighted by Gasteiger charge is -2.05. The number of nitro groups is 1. The molecule has 0 saturated heterocycles. The molecular weight excluding hydrogens is 381 g/mol. The zero-order valence-electron chi connectivity index (χ0n) is 13.7. The normalized spacial score (nSPS) is 10.7. The molecule has 0 aliphatic heterocycles. The van der Waals surface area contributed by atoms with Gasteiger partial charge < -0.3 is 10.1 Å². The Hall–Kier alpha value is -3.34. The Balaban J connectivity index is 1.55. The predicted octanol–water partition coefficient (Wildman–Crippen LogP) is 2.25. The highest BCUT2D eigenvalue weighted by Crippen LogP contribution is 2.19. The van der Waals surface area contributed by atoms with Crippen LogP contribution in [0.2, 0.25) is 5.02 Å². The maximum absolute atomic E-state index is 13.8. The number of hydrogen-bond donors (Lipinski definition) is 1. The van der Waals surface area contributed by atoms with E-state index in [-0.39, 0.29) is 41.9 Å². The summed E-state index contributed by atoms with van der Waals surface area (Å²) in [7, 11) is 0. The second-order valence-electron chi connectivity index (χ2n) is 5.46. The number of nitrogens with zero attached hydrogens (tertiary/aromatic N) is 6. The summed E-state index contributed by atoms with van der Waals surface area (Å²) in [6.45, 7) is 0.219. The minimum Gasteiger partial charge on any atom is -0.358 e. The van der Waals surface area contributed by atoms with Crippen LogP contribution in [0.4, 0.5) is 16.2 Å². The number of carbonyl (C=O) groups excluding carboxylic acids is 1. The molecule has 0 bridgehead atoms. The van der Waals surface area contributed by atoms with E-state index >= 15 is 0 Å². The van der Waals surface area contributed by atoms with E-state index in [2.05, 4.69) is 20.5 Å². The van der Waals surface area contributed by atoms with Crippen LogP contribution in [0.1, 0.15) is 12.0 Å². The number of rotatable bonds is 7. The maximum Gasteiger partial charge on any atom is 0.389 e. The molecule has 2 aromatic heterocycles. The van der Waals surface area contributed by atoms with Crippen molar-refractivity contribution >= 4 is 29.3 Å². The Morgan fingerprint density at radius 1 is 1.30 bits per heavy atom. The van der Waals surface area contributed by atoms with Gasteiger partial charge >= 0.3 is 5.82 Å².